The Balaban J connectivity index is 1.55. The Hall–Kier alpha value is -3.45. The van der Waals surface area contributed by atoms with Crippen LogP contribution in [0.4, 0.5) is 0 Å². The summed E-state index contributed by atoms with van der Waals surface area (Å²) in [6.07, 6.45) is 0. The van der Waals surface area contributed by atoms with Crippen molar-refractivity contribution in [3.63, 3.8) is 0 Å². The van der Waals surface area contributed by atoms with Gasteiger partial charge in [0.15, 0.2) is 0 Å². The molecular formula is C23H21N3O3S. The fourth-order valence-electron chi connectivity index (χ4n) is 3.34. The topological polar surface area (TPSA) is 78.8 Å². The lowest BCUT2D eigenvalue weighted by Gasteiger charge is -2.22. The van der Waals surface area contributed by atoms with Crippen molar-refractivity contribution in [2.45, 2.75) is 18.0 Å². The maximum Gasteiger partial charge on any atom is 0.263 e. The van der Waals surface area contributed by atoms with Crippen LogP contribution in [-0.2, 0) is 27.9 Å². The average Bonchev–Trinajstić information content (AvgIpc) is 3.03. The second-order valence-corrected chi connectivity index (χ2v) is 8.64. The Morgan fingerprint density at radius 2 is 1.33 bits per heavy atom. The van der Waals surface area contributed by atoms with Gasteiger partial charge in [0.25, 0.3) is 10.0 Å². The molecule has 1 N–H and O–H groups in total. The van der Waals surface area contributed by atoms with Gasteiger partial charge in [-0.25, -0.2) is 8.42 Å². The first kappa shape index (κ1) is 19.8. The molecule has 0 fully saturated rings. The summed E-state index contributed by atoms with van der Waals surface area (Å²) in [6.45, 7) is 0.745. The lowest BCUT2D eigenvalue weighted by molar-refractivity contribution is -0.130. The molecule has 0 unspecified atom stereocenters. The minimum Gasteiger partial charge on any atom is -0.332 e. The molecule has 0 spiro atoms. The van der Waals surface area contributed by atoms with E-state index >= 15 is 0 Å². The third-order valence-corrected chi connectivity index (χ3v) is 6.22. The number of sulfonamides is 1. The molecule has 0 bridgehead atoms. The minimum atomic E-state index is -3.63. The number of nitrogens with one attached hydrogen (secondary N) is 1. The first-order valence-corrected chi connectivity index (χ1v) is 11.0. The summed E-state index contributed by atoms with van der Waals surface area (Å²) in [5.74, 6) is 0.0251. The molecule has 30 heavy (non-hydrogen) atoms. The van der Waals surface area contributed by atoms with Crippen molar-refractivity contribution in [3.05, 3.63) is 102 Å². The Kier molecular flexibility index (Phi) is 5.63. The second kappa shape index (κ2) is 8.51. The van der Waals surface area contributed by atoms with Crippen molar-refractivity contribution in [1.29, 1.82) is 0 Å². The van der Waals surface area contributed by atoms with E-state index in [1.807, 2.05) is 60.7 Å². The van der Waals surface area contributed by atoms with Gasteiger partial charge in [0.05, 0.1) is 4.90 Å². The number of hydrogen-bond acceptors (Lipinski definition) is 4. The molecule has 1 amide bonds. The van der Waals surface area contributed by atoms with E-state index < -0.39 is 10.0 Å². The van der Waals surface area contributed by atoms with Crippen LogP contribution in [0.1, 0.15) is 16.7 Å². The summed E-state index contributed by atoms with van der Waals surface area (Å²) in [7, 11) is -3.63. The van der Waals surface area contributed by atoms with Gasteiger partial charge in [-0.05, 0) is 23.3 Å². The SMILES string of the molecule is O=C(CN=C1NS(=O)(=O)c2ccccc21)N(Cc1ccccc1)Cc1ccccc1. The van der Waals surface area contributed by atoms with E-state index in [-0.39, 0.29) is 23.2 Å². The average molecular weight is 420 g/mol. The Morgan fingerprint density at radius 1 is 0.800 bits per heavy atom. The Morgan fingerprint density at radius 3 is 1.93 bits per heavy atom. The molecule has 4 rings (SSSR count). The van der Waals surface area contributed by atoms with E-state index in [4.69, 9.17) is 0 Å². The van der Waals surface area contributed by atoms with Crippen molar-refractivity contribution in [3.8, 4) is 0 Å². The van der Waals surface area contributed by atoms with Crippen molar-refractivity contribution in [1.82, 2.24) is 9.62 Å². The molecule has 152 valence electrons. The highest BCUT2D eigenvalue weighted by molar-refractivity contribution is 7.90. The van der Waals surface area contributed by atoms with Crippen LogP contribution in [-0.4, -0.2) is 31.6 Å². The van der Waals surface area contributed by atoms with Gasteiger partial charge < -0.3 is 4.90 Å². The third kappa shape index (κ3) is 4.41. The highest BCUT2D eigenvalue weighted by Gasteiger charge is 2.30. The number of nitrogens with zero attached hydrogens (tertiary/aromatic N) is 2. The Labute approximate surface area is 175 Å². The predicted molar refractivity (Wildman–Crippen MR) is 115 cm³/mol. The van der Waals surface area contributed by atoms with E-state index in [9.17, 15) is 13.2 Å². The highest BCUT2D eigenvalue weighted by Crippen LogP contribution is 2.22. The third-order valence-electron chi connectivity index (χ3n) is 4.82. The zero-order valence-electron chi connectivity index (χ0n) is 16.2. The Bertz CT molecular complexity index is 1140. The minimum absolute atomic E-state index is 0.147. The number of rotatable bonds is 6. The zero-order valence-corrected chi connectivity index (χ0v) is 17.0. The van der Waals surface area contributed by atoms with E-state index in [0.717, 1.165) is 11.1 Å². The molecule has 1 aliphatic heterocycles. The quantitative estimate of drug-likeness (QED) is 0.667. The molecule has 1 aliphatic rings. The molecule has 0 atom stereocenters. The van der Waals surface area contributed by atoms with Crippen LogP contribution in [0.3, 0.4) is 0 Å². The van der Waals surface area contributed by atoms with E-state index in [2.05, 4.69) is 9.71 Å². The van der Waals surface area contributed by atoms with Gasteiger partial charge >= 0.3 is 0 Å². The van der Waals surface area contributed by atoms with Crippen molar-refractivity contribution in [2.75, 3.05) is 6.54 Å². The molecule has 7 heteroatoms. The molecule has 6 nitrogen and oxygen atoms in total. The van der Waals surface area contributed by atoms with E-state index in [1.54, 1.807) is 23.1 Å². The molecular weight excluding hydrogens is 398 g/mol. The largest absolute Gasteiger partial charge is 0.332 e. The fourth-order valence-corrected chi connectivity index (χ4v) is 4.59. The highest BCUT2D eigenvalue weighted by atomic mass is 32.2. The summed E-state index contributed by atoms with van der Waals surface area (Å²) in [5, 5.41) is 0. The molecule has 0 saturated heterocycles. The fraction of sp³-hybridized carbons (Fsp3) is 0.130. The molecule has 3 aromatic carbocycles. The van der Waals surface area contributed by atoms with Gasteiger partial charge in [-0.2, -0.15) is 0 Å². The van der Waals surface area contributed by atoms with Crippen LogP contribution in [0, 0.1) is 0 Å². The number of benzene rings is 3. The number of carbonyl (C=O) groups excluding carboxylic acids is 1. The van der Waals surface area contributed by atoms with Crippen molar-refractivity contribution >= 4 is 21.8 Å². The second-order valence-electron chi connectivity index (χ2n) is 6.99. The molecule has 1 heterocycles. The molecule has 0 aromatic heterocycles. The number of aliphatic imine (C=N–C) groups is 1. The lowest BCUT2D eigenvalue weighted by atomic mass is 10.1. The van der Waals surface area contributed by atoms with Crippen LogP contribution in [0.15, 0.2) is 94.8 Å². The first-order valence-electron chi connectivity index (χ1n) is 9.55. The van der Waals surface area contributed by atoms with Crippen LogP contribution < -0.4 is 4.72 Å². The zero-order chi connectivity index (χ0) is 21.0. The van der Waals surface area contributed by atoms with Crippen LogP contribution >= 0.6 is 0 Å². The van der Waals surface area contributed by atoms with Crippen LogP contribution in [0.5, 0.6) is 0 Å². The number of amides is 1. The van der Waals surface area contributed by atoms with Gasteiger partial charge in [0.1, 0.15) is 12.4 Å². The smallest absolute Gasteiger partial charge is 0.263 e. The number of carbonyl (C=O) groups is 1. The van der Waals surface area contributed by atoms with Crippen LogP contribution in [0.2, 0.25) is 0 Å². The summed E-state index contributed by atoms with van der Waals surface area (Å²) in [6, 6.07) is 26.1. The monoisotopic (exact) mass is 419 g/mol. The summed E-state index contributed by atoms with van der Waals surface area (Å²) >= 11 is 0. The van der Waals surface area contributed by atoms with Crippen molar-refractivity contribution < 1.29 is 13.2 Å². The molecule has 0 saturated carbocycles. The normalized spacial score (nSPS) is 15.4. The summed E-state index contributed by atoms with van der Waals surface area (Å²) < 4.78 is 26.9. The lowest BCUT2D eigenvalue weighted by Crippen LogP contribution is -2.33. The van der Waals surface area contributed by atoms with Gasteiger partial charge in [0.2, 0.25) is 5.91 Å². The predicted octanol–water partition coefficient (Wildman–Crippen LogP) is 2.95. The number of amidine groups is 1. The molecule has 3 aromatic rings. The maximum absolute atomic E-state index is 13.0. The van der Waals surface area contributed by atoms with Gasteiger partial charge in [0, 0.05) is 18.7 Å². The first-order chi connectivity index (χ1) is 14.5. The van der Waals surface area contributed by atoms with Gasteiger partial charge in [-0.3, -0.25) is 14.5 Å². The standard InChI is InChI=1S/C23H21N3O3S/c27-22(15-24-23-20-13-7-8-14-21(20)30(28,29)25-23)26(16-18-9-3-1-4-10-18)17-19-11-5-2-6-12-19/h1-14H,15-17H2,(H,24,25). The van der Waals surface area contributed by atoms with E-state index in [1.165, 1.54) is 6.07 Å². The summed E-state index contributed by atoms with van der Waals surface area (Å²) in [5.41, 5.74) is 2.52. The molecule has 0 radical (unpaired) electrons. The van der Waals surface area contributed by atoms with Crippen LogP contribution in [0.25, 0.3) is 0 Å². The van der Waals surface area contributed by atoms with Gasteiger partial charge in [-0.15, -0.1) is 0 Å². The maximum atomic E-state index is 13.0. The van der Waals surface area contributed by atoms with E-state index in [0.29, 0.717) is 18.7 Å². The summed E-state index contributed by atoms with van der Waals surface area (Å²) in [4.78, 5) is 19.2. The van der Waals surface area contributed by atoms with Gasteiger partial charge in [-0.1, -0.05) is 72.8 Å². The van der Waals surface area contributed by atoms with Crippen molar-refractivity contribution in [2.24, 2.45) is 4.99 Å². The molecule has 0 aliphatic carbocycles. The number of fused-ring (bicyclic) bond motifs is 1. The number of hydrogen-bond donors (Lipinski definition) is 1.